The largest absolute Gasteiger partial charge is 0.348 e. The topological polar surface area (TPSA) is 42.2 Å². The Kier molecular flexibility index (Phi) is 9.08. The number of rotatable bonds is 9. The highest BCUT2D eigenvalue weighted by atomic mass is 19.1. The molecule has 1 aliphatic carbocycles. The highest BCUT2D eigenvalue weighted by molar-refractivity contribution is 5.35. The second kappa shape index (κ2) is 11.8. The lowest BCUT2D eigenvalue weighted by atomic mass is 9.74. The van der Waals surface area contributed by atoms with Gasteiger partial charge in [-0.3, -0.25) is 0 Å². The molecule has 5 heteroatoms. The zero-order valence-corrected chi connectivity index (χ0v) is 18.2. The summed E-state index contributed by atoms with van der Waals surface area (Å²) in [6, 6.07) is 3.82. The molecule has 2 fully saturated rings. The molecule has 0 aromatic heterocycles. The van der Waals surface area contributed by atoms with Crippen LogP contribution in [0.25, 0.3) is 0 Å². The van der Waals surface area contributed by atoms with Crippen molar-refractivity contribution in [2.75, 3.05) is 13.2 Å². The molecule has 0 atom stereocenters. The molecule has 0 bridgehead atoms. The van der Waals surface area contributed by atoms with Gasteiger partial charge in [-0.05, 0) is 36.8 Å². The Bertz CT molecular complexity index is 679. The molecule has 1 saturated carbocycles. The fourth-order valence-corrected chi connectivity index (χ4v) is 4.98. The number of hydrogen-bond acceptors (Lipinski definition) is 3. The van der Waals surface area contributed by atoms with Crippen LogP contribution in [-0.4, -0.2) is 13.2 Å². The van der Waals surface area contributed by atoms with Crippen LogP contribution in [0, 0.1) is 40.7 Å². The molecule has 1 aliphatic heterocycles. The molecule has 1 aromatic carbocycles. The van der Waals surface area contributed by atoms with E-state index in [-0.39, 0.29) is 0 Å². The van der Waals surface area contributed by atoms with Crippen molar-refractivity contribution < 1.29 is 18.3 Å². The predicted octanol–water partition coefficient (Wildman–Crippen LogP) is 7.06. The van der Waals surface area contributed by atoms with E-state index in [0.29, 0.717) is 30.6 Å². The van der Waals surface area contributed by atoms with E-state index < -0.39 is 23.5 Å². The van der Waals surface area contributed by atoms with E-state index in [2.05, 4.69) is 6.92 Å². The molecule has 0 unspecified atom stereocenters. The van der Waals surface area contributed by atoms with Crippen LogP contribution in [-0.2, 0) is 9.47 Å². The average Bonchev–Trinajstić information content (AvgIpc) is 2.76. The van der Waals surface area contributed by atoms with Crippen LogP contribution in [0.2, 0.25) is 0 Å². The molecule has 1 saturated heterocycles. The van der Waals surface area contributed by atoms with E-state index >= 15 is 0 Å². The molecular weight excluding hydrogens is 384 g/mol. The van der Waals surface area contributed by atoms with Crippen molar-refractivity contribution in [1.29, 1.82) is 5.26 Å². The van der Waals surface area contributed by atoms with Crippen LogP contribution in [0.4, 0.5) is 8.78 Å². The van der Waals surface area contributed by atoms with Crippen LogP contribution >= 0.6 is 0 Å². The van der Waals surface area contributed by atoms with Gasteiger partial charge in [0.1, 0.15) is 23.3 Å². The van der Waals surface area contributed by atoms with Crippen LogP contribution in [0.1, 0.15) is 95.0 Å². The highest BCUT2D eigenvalue weighted by Gasteiger charge is 2.32. The summed E-state index contributed by atoms with van der Waals surface area (Å²) in [5, 5.41) is 8.80. The number of halogens is 2. The fourth-order valence-electron chi connectivity index (χ4n) is 4.98. The van der Waals surface area contributed by atoms with E-state index in [1.54, 1.807) is 0 Å². The average molecular weight is 420 g/mol. The van der Waals surface area contributed by atoms with Crippen LogP contribution in [0.3, 0.4) is 0 Å². The third-order valence-corrected chi connectivity index (χ3v) is 6.90. The lowest BCUT2D eigenvalue weighted by Crippen LogP contribution is -2.34. The molecule has 1 aromatic rings. The van der Waals surface area contributed by atoms with Gasteiger partial charge in [-0.2, -0.15) is 5.26 Å². The zero-order chi connectivity index (χ0) is 21.3. The van der Waals surface area contributed by atoms with E-state index in [1.807, 2.05) is 0 Å². The number of nitrogens with zero attached hydrogens (tertiary/aromatic N) is 1. The summed E-state index contributed by atoms with van der Waals surface area (Å²) in [6.45, 7) is 3.37. The number of benzene rings is 1. The summed E-state index contributed by atoms with van der Waals surface area (Å²) in [4.78, 5) is 0. The molecule has 166 valence electrons. The summed E-state index contributed by atoms with van der Waals surface area (Å²) >= 11 is 0. The van der Waals surface area contributed by atoms with Crippen LogP contribution < -0.4 is 0 Å². The molecule has 30 heavy (non-hydrogen) atoms. The Hall–Kier alpha value is -1.51. The monoisotopic (exact) mass is 419 g/mol. The van der Waals surface area contributed by atoms with Gasteiger partial charge in [0.05, 0.1) is 13.2 Å². The summed E-state index contributed by atoms with van der Waals surface area (Å²) < 4.78 is 39.4. The minimum Gasteiger partial charge on any atom is -0.348 e. The molecule has 0 radical (unpaired) electrons. The van der Waals surface area contributed by atoms with Gasteiger partial charge >= 0.3 is 0 Å². The molecule has 0 spiro atoms. The number of ether oxygens (including phenoxy) is 2. The first-order valence-electron chi connectivity index (χ1n) is 11.7. The first-order chi connectivity index (χ1) is 14.6. The molecule has 3 rings (SSSR count). The second-order valence-corrected chi connectivity index (χ2v) is 9.07. The summed E-state index contributed by atoms with van der Waals surface area (Å²) in [7, 11) is 0. The molecule has 1 heterocycles. The Balaban J connectivity index is 1.38. The summed E-state index contributed by atoms with van der Waals surface area (Å²) in [6.07, 6.45) is 13.8. The Morgan fingerprint density at radius 3 is 2.10 bits per heavy atom. The van der Waals surface area contributed by atoms with Gasteiger partial charge in [0, 0.05) is 11.5 Å². The van der Waals surface area contributed by atoms with Crippen molar-refractivity contribution in [3.63, 3.8) is 0 Å². The smallest absolute Gasteiger partial charge is 0.184 e. The molecule has 2 aliphatic rings. The second-order valence-electron chi connectivity index (χ2n) is 9.07. The molecule has 0 N–H and O–H groups in total. The number of hydrogen-bond donors (Lipinski definition) is 0. The minimum atomic E-state index is -0.870. The number of unbranched alkanes of at least 4 members (excludes halogenated alkanes) is 5. The summed E-state index contributed by atoms with van der Waals surface area (Å²) in [5.41, 5.74) is -0.268. The summed E-state index contributed by atoms with van der Waals surface area (Å²) in [5.74, 6) is 0.0942. The molecule has 0 amide bonds. The maximum Gasteiger partial charge on any atom is 0.184 e. The van der Waals surface area contributed by atoms with E-state index in [0.717, 1.165) is 18.1 Å². The van der Waals surface area contributed by atoms with Crippen molar-refractivity contribution in [1.82, 2.24) is 0 Å². The normalized spacial score (nSPS) is 27.0. The van der Waals surface area contributed by atoms with Gasteiger partial charge < -0.3 is 9.47 Å². The Morgan fingerprint density at radius 2 is 1.50 bits per heavy atom. The van der Waals surface area contributed by atoms with Crippen molar-refractivity contribution in [2.45, 2.75) is 83.8 Å². The molecular formula is C25H35F2NO2. The SMILES string of the molecule is CCCCCCCC[C@H]1CC[C@H]([C@H]2CO[C@H](c3cc(F)c(C#N)c(F)c3)OC2)CC1. The molecule has 3 nitrogen and oxygen atoms in total. The van der Waals surface area contributed by atoms with Gasteiger partial charge in [-0.15, -0.1) is 0 Å². The Morgan fingerprint density at radius 1 is 0.900 bits per heavy atom. The third-order valence-electron chi connectivity index (χ3n) is 6.90. The van der Waals surface area contributed by atoms with Crippen LogP contribution in [0.5, 0.6) is 0 Å². The Labute approximate surface area is 179 Å². The predicted molar refractivity (Wildman–Crippen MR) is 113 cm³/mol. The lowest BCUT2D eigenvalue weighted by molar-refractivity contribution is -0.215. The van der Waals surface area contributed by atoms with Gasteiger partial charge in [0.25, 0.3) is 0 Å². The first-order valence-corrected chi connectivity index (χ1v) is 11.7. The van der Waals surface area contributed by atoms with Crippen molar-refractivity contribution in [2.24, 2.45) is 17.8 Å². The third kappa shape index (κ3) is 6.25. The van der Waals surface area contributed by atoms with Gasteiger partial charge in [-0.1, -0.05) is 64.7 Å². The number of nitriles is 1. The quantitative estimate of drug-likeness (QED) is 0.403. The van der Waals surface area contributed by atoms with E-state index in [9.17, 15) is 8.78 Å². The van der Waals surface area contributed by atoms with E-state index in [4.69, 9.17) is 14.7 Å². The maximum atomic E-state index is 13.9. The zero-order valence-electron chi connectivity index (χ0n) is 18.2. The minimum absolute atomic E-state index is 0.296. The van der Waals surface area contributed by atoms with Gasteiger partial charge in [0.15, 0.2) is 6.29 Å². The lowest BCUT2D eigenvalue weighted by Gasteiger charge is -2.38. The van der Waals surface area contributed by atoms with Gasteiger partial charge in [-0.25, -0.2) is 8.78 Å². The van der Waals surface area contributed by atoms with Crippen molar-refractivity contribution in [3.8, 4) is 6.07 Å². The maximum absolute atomic E-state index is 13.9. The van der Waals surface area contributed by atoms with E-state index in [1.165, 1.54) is 76.7 Å². The first kappa shape index (κ1) is 23.2. The standard InChI is InChI=1S/C25H35F2NO2/c1-2-3-4-5-6-7-8-18-9-11-19(12-10-18)21-16-29-25(30-17-21)20-13-23(26)22(15-28)24(27)14-20/h13-14,18-19,21,25H,2-12,16-17H2,1H3/t18-,19-,21-,25-. The fraction of sp³-hybridized carbons (Fsp3) is 0.720. The van der Waals surface area contributed by atoms with Crippen molar-refractivity contribution >= 4 is 0 Å². The van der Waals surface area contributed by atoms with Gasteiger partial charge in [0.2, 0.25) is 0 Å². The van der Waals surface area contributed by atoms with Crippen LogP contribution in [0.15, 0.2) is 12.1 Å². The van der Waals surface area contributed by atoms with Crippen molar-refractivity contribution in [3.05, 3.63) is 34.9 Å². The highest BCUT2D eigenvalue weighted by Crippen LogP contribution is 2.39.